The van der Waals surface area contributed by atoms with Gasteiger partial charge < -0.3 is 20.1 Å². The molecular formula is C16H21N3O4. The molecule has 1 heterocycles. The maximum absolute atomic E-state index is 11.9. The topological polar surface area (TPSA) is 89.5 Å². The number of carbonyl (C=O) groups is 2. The van der Waals surface area contributed by atoms with Gasteiger partial charge in [0.2, 0.25) is 17.7 Å². The second-order valence-electron chi connectivity index (χ2n) is 6.52. The minimum atomic E-state index is -0.134. The van der Waals surface area contributed by atoms with Gasteiger partial charge in [-0.1, -0.05) is 0 Å². The third-order valence-electron chi connectivity index (χ3n) is 4.38. The van der Waals surface area contributed by atoms with Crippen molar-refractivity contribution >= 4 is 11.8 Å². The quantitative estimate of drug-likeness (QED) is 0.765. The van der Waals surface area contributed by atoms with Crippen molar-refractivity contribution in [2.45, 2.75) is 43.9 Å². The van der Waals surface area contributed by atoms with Gasteiger partial charge in [0.15, 0.2) is 0 Å². The molecule has 0 atom stereocenters. The van der Waals surface area contributed by atoms with Crippen molar-refractivity contribution in [2.75, 3.05) is 13.7 Å². The highest BCUT2D eigenvalue weighted by molar-refractivity contribution is 5.80. The third-order valence-corrected chi connectivity index (χ3v) is 4.38. The molecular weight excluding hydrogens is 298 g/mol. The number of pyridine rings is 1. The monoisotopic (exact) mass is 319 g/mol. The van der Waals surface area contributed by atoms with Gasteiger partial charge in [-0.15, -0.1) is 0 Å². The van der Waals surface area contributed by atoms with Crippen LogP contribution in [0.25, 0.3) is 0 Å². The largest absolute Gasteiger partial charge is 0.481 e. The maximum Gasteiger partial charge on any atom is 0.246 e. The van der Waals surface area contributed by atoms with E-state index in [2.05, 4.69) is 15.6 Å². The van der Waals surface area contributed by atoms with Crippen molar-refractivity contribution in [1.82, 2.24) is 15.6 Å². The summed E-state index contributed by atoms with van der Waals surface area (Å²) in [5.74, 6) is 0.409. The summed E-state index contributed by atoms with van der Waals surface area (Å²) in [6.07, 6.45) is 4.10. The Labute approximate surface area is 134 Å². The Bertz CT molecular complexity index is 594. The molecule has 0 saturated heterocycles. The Morgan fingerprint density at radius 2 is 1.91 bits per heavy atom. The number of aromatic nitrogens is 1. The summed E-state index contributed by atoms with van der Waals surface area (Å²) in [5, 5.41) is 5.97. The van der Waals surface area contributed by atoms with E-state index in [1.54, 1.807) is 19.4 Å². The van der Waals surface area contributed by atoms with Crippen LogP contribution >= 0.6 is 0 Å². The molecule has 4 rings (SSSR count). The molecule has 23 heavy (non-hydrogen) atoms. The van der Waals surface area contributed by atoms with Gasteiger partial charge in [-0.05, 0) is 30.9 Å². The number of amides is 2. The van der Waals surface area contributed by atoms with E-state index >= 15 is 0 Å². The van der Waals surface area contributed by atoms with Gasteiger partial charge >= 0.3 is 0 Å². The molecule has 1 aromatic rings. The molecule has 0 radical (unpaired) electrons. The van der Waals surface area contributed by atoms with Gasteiger partial charge in [0.1, 0.15) is 6.61 Å². The van der Waals surface area contributed by atoms with E-state index in [1.807, 2.05) is 6.07 Å². The average Bonchev–Trinajstić information content (AvgIpc) is 2.44. The van der Waals surface area contributed by atoms with E-state index in [-0.39, 0.29) is 29.5 Å². The van der Waals surface area contributed by atoms with Crippen molar-refractivity contribution < 1.29 is 19.1 Å². The zero-order valence-corrected chi connectivity index (χ0v) is 13.3. The summed E-state index contributed by atoms with van der Waals surface area (Å²) in [7, 11) is 1.56. The molecule has 2 amide bonds. The number of ether oxygens (including phenoxy) is 2. The highest BCUT2D eigenvalue weighted by Crippen LogP contribution is 2.60. The molecule has 124 valence electrons. The van der Waals surface area contributed by atoms with Gasteiger partial charge in [0.05, 0.1) is 13.7 Å². The lowest BCUT2D eigenvalue weighted by Crippen LogP contribution is -2.83. The normalized spacial score (nSPS) is 27.4. The second-order valence-corrected chi connectivity index (χ2v) is 6.52. The third kappa shape index (κ3) is 3.29. The first kappa shape index (κ1) is 15.7. The molecule has 1 aromatic heterocycles. The lowest BCUT2D eigenvalue weighted by Gasteiger charge is -2.70. The summed E-state index contributed by atoms with van der Waals surface area (Å²) in [6, 6.07) is 3.60. The number of nitrogens with one attached hydrogen (secondary N) is 2. The molecule has 3 aliphatic carbocycles. The molecule has 2 N–H and O–H groups in total. The number of carbonyl (C=O) groups excluding carboxylic acids is 2. The van der Waals surface area contributed by atoms with Gasteiger partial charge in [0.25, 0.3) is 0 Å². The van der Waals surface area contributed by atoms with Crippen LogP contribution in [0.2, 0.25) is 0 Å². The average molecular weight is 319 g/mol. The summed E-state index contributed by atoms with van der Waals surface area (Å²) in [6.45, 7) is 1.86. The summed E-state index contributed by atoms with van der Waals surface area (Å²) >= 11 is 0. The van der Waals surface area contributed by atoms with Crippen LogP contribution in [0.4, 0.5) is 0 Å². The minimum Gasteiger partial charge on any atom is -0.481 e. The first-order valence-corrected chi connectivity index (χ1v) is 7.61. The van der Waals surface area contributed by atoms with Crippen LogP contribution in [0, 0.1) is 0 Å². The Morgan fingerprint density at radius 3 is 2.48 bits per heavy atom. The van der Waals surface area contributed by atoms with Gasteiger partial charge in [0, 0.05) is 30.3 Å². The minimum absolute atomic E-state index is 0.0129. The Hall–Kier alpha value is -2.15. The molecule has 3 aliphatic rings. The number of hydrogen-bond donors (Lipinski definition) is 2. The van der Waals surface area contributed by atoms with E-state index in [9.17, 15) is 9.59 Å². The lowest BCUT2D eigenvalue weighted by molar-refractivity contribution is -0.151. The Kier molecular flexibility index (Phi) is 3.97. The zero-order valence-electron chi connectivity index (χ0n) is 13.3. The summed E-state index contributed by atoms with van der Waals surface area (Å²) in [5.41, 5.74) is 0.674. The molecule has 0 aromatic carbocycles. The Morgan fingerprint density at radius 1 is 1.22 bits per heavy atom. The van der Waals surface area contributed by atoms with E-state index in [0.29, 0.717) is 12.5 Å². The zero-order chi connectivity index (χ0) is 16.5. The van der Waals surface area contributed by atoms with E-state index < -0.39 is 0 Å². The molecule has 0 unspecified atom stereocenters. The lowest BCUT2D eigenvalue weighted by atomic mass is 9.44. The van der Waals surface area contributed by atoms with E-state index in [4.69, 9.17) is 9.47 Å². The highest BCUT2D eigenvalue weighted by Gasteiger charge is 2.69. The molecule has 7 heteroatoms. The summed E-state index contributed by atoms with van der Waals surface area (Å²) < 4.78 is 10.4. The van der Waals surface area contributed by atoms with Crippen LogP contribution in [0.5, 0.6) is 5.88 Å². The van der Waals surface area contributed by atoms with Crippen LogP contribution in [0.15, 0.2) is 18.3 Å². The van der Waals surface area contributed by atoms with Crippen molar-refractivity contribution in [3.63, 3.8) is 0 Å². The van der Waals surface area contributed by atoms with Crippen LogP contribution in [0.1, 0.15) is 31.7 Å². The predicted molar refractivity (Wildman–Crippen MR) is 81.7 cm³/mol. The fourth-order valence-corrected chi connectivity index (χ4v) is 3.64. The SMILES string of the molecule is COc1ccc(COCC(=O)NC23CC(NC(C)=O)(C2)C3)cn1. The standard InChI is InChI=1S/C16H21N3O4/c1-11(20)18-15-8-16(9-15,10-15)19-13(21)7-23-6-12-3-4-14(22-2)17-5-12/h3-5H,6-10H2,1-2H3,(H,18,20)(H,19,21). The molecule has 3 saturated carbocycles. The smallest absolute Gasteiger partial charge is 0.246 e. The van der Waals surface area contributed by atoms with Gasteiger partial charge in [-0.2, -0.15) is 0 Å². The Balaban J connectivity index is 1.36. The number of methoxy groups -OCH3 is 1. The fourth-order valence-electron chi connectivity index (χ4n) is 3.64. The molecule has 7 nitrogen and oxygen atoms in total. The van der Waals surface area contributed by atoms with Crippen LogP contribution < -0.4 is 15.4 Å². The summed E-state index contributed by atoms with van der Waals surface area (Å²) in [4.78, 5) is 27.1. The number of nitrogens with zero attached hydrogens (tertiary/aromatic N) is 1. The van der Waals surface area contributed by atoms with Crippen LogP contribution in [-0.2, 0) is 20.9 Å². The molecule has 2 bridgehead atoms. The van der Waals surface area contributed by atoms with E-state index in [1.165, 1.54) is 6.92 Å². The van der Waals surface area contributed by atoms with Crippen molar-refractivity contribution in [1.29, 1.82) is 0 Å². The second kappa shape index (κ2) is 5.81. The molecule has 3 fully saturated rings. The van der Waals surface area contributed by atoms with E-state index in [0.717, 1.165) is 24.8 Å². The number of hydrogen-bond acceptors (Lipinski definition) is 5. The van der Waals surface area contributed by atoms with Gasteiger partial charge in [-0.25, -0.2) is 4.98 Å². The predicted octanol–water partition coefficient (Wildman–Crippen LogP) is 0.534. The fraction of sp³-hybridized carbons (Fsp3) is 0.562. The van der Waals surface area contributed by atoms with Crippen molar-refractivity contribution in [3.8, 4) is 5.88 Å². The van der Waals surface area contributed by atoms with Crippen LogP contribution in [-0.4, -0.2) is 41.6 Å². The van der Waals surface area contributed by atoms with Crippen molar-refractivity contribution in [2.24, 2.45) is 0 Å². The molecule has 0 spiro atoms. The van der Waals surface area contributed by atoms with Crippen LogP contribution in [0.3, 0.4) is 0 Å². The number of rotatable bonds is 7. The highest BCUT2D eigenvalue weighted by atomic mass is 16.5. The maximum atomic E-state index is 11.9. The van der Waals surface area contributed by atoms with Crippen molar-refractivity contribution in [3.05, 3.63) is 23.9 Å². The van der Waals surface area contributed by atoms with Gasteiger partial charge in [-0.3, -0.25) is 9.59 Å². The first-order valence-electron chi connectivity index (χ1n) is 7.61. The first-order chi connectivity index (χ1) is 10.9. The molecule has 0 aliphatic heterocycles.